The first kappa shape index (κ1) is 14.3. The number of aliphatic hydroxyl groups is 2. The lowest BCUT2D eigenvalue weighted by Crippen LogP contribution is -2.22. The fraction of sp³-hybridized carbons (Fsp3) is 0.600. The fourth-order valence-electron chi connectivity index (χ4n) is 2.76. The van der Waals surface area contributed by atoms with Crippen LogP contribution in [-0.2, 0) is 0 Å². The number of anilines is 1. The molecule has 2 unspecified atom stereocenters. The smallest absolute Gasteiger partial charge is 0.126 e. The Morgan fingerprint density at radius 3 is 2.84 bits per heavy atom. The third-order valence-electron chi connectivity index (χ3n) is 3.92. The molecule has 4 heteroatoms. The van der Waals surface area contributed by atoms with E-state index in [0.717, 1.165) is 31.6 Å². The molecule has 1 aromatic rings. The Bertz CT molecular complexity index is 448. The summed E-state index contributed by atoms with van der Waals surface area (Å²) >= 11 is 0. The average Bonchev–Trinajstić information content (AvgIpc) is 2.81. The van der Waals surface area contributed by atoms with Crippen molar-refractivity contribution in [3.05, 3.63) is 29.1 Å². The minimum absolute atomic E-state index is 0.213. The highest BCUT2D eigenvalue weighted by atomic mass is 19.1. The molecule has 2 N–H and O–H groups in total. The number of hydrogen-bond acceptors (Lipinski definition) is 3. The highest BCUT2D eigenvalue weighted by Gasteiger charge is 2.25. The molecule has 106 valence electrons. The lowest BCUT2D eigenvalue weighted by molar-refractivity contribution is 0.199. The number of nitrogens with zero attached hydrogens (tertiary/aromatic N) is 1. The average molecular weight is 267 g/mol. The van der Waals surface area contributed by atoms with Crippen molar-refractivity contribution >= 4 is 5.69 Å². The number of hydrogen-bond donors (Lipinski definition) is 2. The van der Waals surface area contributed by atoms with Crippen molar-refractivity contribution in [3.63, 3.8) is 0 Å². The Balaban J connectivity index is 2.26. The van der Waals surface area contributed by atoms with Crippen LogP contribution in [0.2, 0.25) is 0 Å². The number of aliphatic hydroxyl groups excluding tert-OH is 2. The maximum atomic E-state index is 13.6. The summed E-state index contributed by atoms with van der Waals surface area (Å²) in [4.78, 5) is 2.19. The van der Waals surface area contributed by atoms with Crippen LogP contribution in [0.1, 0.15) is 37.0 Å². The van der Waals surface area contributed by atoms with Crippen molar-refractivity contribution in [2.75, 3.05) is 24.6 Å². The van der Waals surface area contributed by atoms with E-state index in [1.165, 1.54) is 6.07 Å². The maximum Gasteiger partial charge on any atom is 0.126 e. The monoisotopic (exact) mass is 267 g/mol. The van der Waals surface area contributed by atoms with Gasteiger partial charge in [0.25, 0.3) is 0 Å². The first-order valence-corrected chi connectivity index (χ1v) is 6.86. The summed E-state index contributed by atoms with van der Waals surface area (Å²) in [5, 5.41) is 18.8. The van der Waals surface area contributed by atoms with Crippen LogP contribution in [0.25, 0.3) is 0 Å². The molecule has 0 saturated carbocycles. The molecule has 2 atom stereocenters. The molecule has 0 spiro atoms. The molecule has 0 aliphatic carbocycles. The van der Waals surface area contributed by atoms with Crippen molar-refractivity contribution in [2.24, 2.45) is 5.92 Å². The number of benzene rings is 1. The molecule has 1 aromatic carbocycles. The highest BCUT2D eigenvalue weighted by Crippen LogP contribution is 2.33. The quantitative estimate of drug-likeness (QED) is 0.880. The Morgan fingerprint density at radius 1 is 1.47 bits per heavy atom. The second kappa shape index (κ2) is 5.88. The molecule has 0 radical (unpaired) electrons. The third kappa shape index (κ3) is 3.07. The van der Waals surface area contributed by atoms with Gasteiger partial charge in [0, 0.05) is 30.9 Å². The largest absolute Gasteiger partial charge is 0.396 e. The molecule has 1 aliphatic rings. The predicted octanol–water partition coefficient (Wildman–Crippen LogP) is 2.40. The molecule has 1 aliphatic heterocycles. The molecular weight excluding hydrogens is 245 g/mol. The summed E-state index contributed by atoms with van der Waals surface area (Å²) in [5.74, 6) is 0.211. The molecule has 0 aromatic heterocycles. The van der Waals surface area contributed by atoms with Crippen LogP contribution in [0.3, 0.4) is 0 Å². The van der Waals surface area contributed by atoms with Crippen molar-refractivity contribution < 1.29 is 14.6 Å². The summed E-state index contributed by atoms with van der Waals surface area (Å²) in [6.45, 7) is 5.38. The van der Waals surface area contributed by atoms with Gasteiger partial charge in [-0.15, -0.1) is 0 Å². The predicted molar refractivity (Wildman–Crippen MR) is 73.8 cm³/mol. The summed E-state index contributed by atoms with van der Waals surface area (Å²) in [5.41, 5.74) is 2.17. The van der Waals surface area contributed by atoms with E-state index in [1.54, 1.807) is 13.8 Å². The Morgan fingerprint density at radius 2 is 2.21 bits per heavy atom. The molecule has 19 heavy (non-hydrogen) atoms. The zero-order chi connectivity index (χ0) is 14.0. The van der Waals surface area contributed by atoms with Crippen LogP contribution in [0, 0.1) is 18.7 Å². The molecule has 1 heterocycles. The van der Waals surface area contributed by atoms with Gasteiger partial charge in [-0.3, -0.25) is 0 Å². The number of rotatable bonds is 4. The second-order valence-corrected chi connectivity index (χ2v) is 5.45. The molecule has 2 rings (SSSR count). The van der Waals surface area contributed by atoms with Crippen LogP contribution in [0.5, 0.6) is 0 Å². The van der Waals surface area contributed by atoms with Crippen molar-refractivity contribution in [1.82, 2.24) is 0 Å². The topological polar surface area (TPSA) is 43.7 Å². The molecule has 1 saturated heterocycles. The first-order valence-electron chi connectivity index (χ1n) is 6.86. The van der Waals surface area contributed by atoms with Crippen molar-refractivity contribution in [3.8, 4) is 0 Å². The Labute approximate surface area is 113 Å². The minimum atomic E-state index is -0.679. The Kier molecular flexibility index (Phi) is 4.42. The van der Waals surface area contributed by atoms with Crippen molar-refractivity contribution in [1.29, 1.82) is 0 Å². The van der Waals surface area contributed by atoms with Gasteiger partial charge >= 0.3 is 0 Å². The van der Waals surface area contributed by atoms with Gasteiger partial charge in [-0.2, -0.15) is 0 Å². The number of halogens is 1. The SMILES string of the molecule is Cc1cc(N2CCC(CCO)C2)c(C(C)O)cc1F. The second-order valence-electron chi connectivity index (χ2n) is 5.45. The maximum absolute atomic E-state index is 13.6. The zero-order valence-electron chi connectivity index (χ0n) is 11.6. The van der Waals surface area contributed by atoms with Crippen LogP contribution in [0.15, 0.2) is 12.1 Å². The van der Waals surface area contributed by atoms with Gasteiger partial charge in [0.2, 0.25) is 0 Å². The van der Waals surface area contributed by atoms with E-state index in [2.05, 4.69) is 4.90 Å². The van der Waals surface area contributed by atoms with Crippen LogP contribution < -0.4 is 4.90 Å². The fourth-order valence-corrected chi connectivity index (χ4v) is 2.76. The summed E-state index contributed by atoms with van der Waals surface area (Å²) < 4.78 is 13.6. The van der Waals surface area contributed by atoms with Gasteiger partial charge in [-0.05, 0) is 50.3 Å². The molecule has 1 fully saturated rings. The van der Waals surface area contributed by atoms with Gasteiger partial charge in [0.15, 0.2) is 0 Å². The normalized spacial score (nSPS) is 20.9. The van der Waals surface area contributed by atoms with Crippen LogP contribution in [-0.4, -0.2) is 29.9 Å². The zero-order valence-corrected chi connectivity index (χ0v) is 11.6. The van der Waals surface area contributed by atoms with E-state index in [4.69, 9.17) is 5.11 Å². The van der Waals surface area contributed by atoms with Gasteiger partial charge < -0.3 is 15.1 Å². The lowest BCUT2D eigenvalue weighted by atomic mass is 10.0. The van der Waals surface area contributed by atoms with Crippen LogP contribution in [0.4, 0.5) is 10.1 Å². The van der Waals surface area contributed by atoms with E-state index >= 15 is 0 Å². The summed E-state index contributed by atoms with van der Waals surface area (Å²) in [7, 11) is 0. The highest BCUT2D eigenvalue weighted by molar-refractivity contribution is 5.57. The lowest BCUT2D eigenvalue weighted by Gasteiger charge is -2.24. The van der Waals surface area contributed by atoms with Gasteiger partial charge in [-0.1, -0.05) is 0 Å². The summed E-state index contributed by atoms with van der Waals surface area (Å²) in [6, 6.07) is 3.26. The van der Waals surface area contributed by atoms with Crippen LogP contribution >= 0.6 is 0 Å². The minimum Gasteiger partial charge on any atom is -0.396 e. The summed E-state index contributed by atoms with van der Waals surface area (Å²) in [6.07, 6.45) is 1.17. The van der Waals surface area contributed by atoms with E-state index in [0.29, 0.717) is 17.0 Å². The number of aryl methyl sites for hydroxylation is 1. The molecule has 0 amide bonds. The standard InChI is InChI=1S/C15H22FNO2/c1-10-7-15(13(11(2)19)8-14(10)16)17-5-3-12(9-17)4-6-18/h7-8,11-12,18-19H,3-6,9H2,1-2H3. The molecule has 0 bridgehead atoms. The van der Waals surface area contributed by atoms with E-state index in [9.17, 15) is 9.50 Å². The van der Waals surface area contributed by atoms with E-state index in [-0.39, 0.29) is 12.4 Å². The first-order chi connectivity index (χ1) is 9.02. The van der Waals surface area contributed by atoms with Gasteiger partial charge in [0.1, 0.15) is 5.82 Å². The third-order valence-corrected chi connectivity index (χ3v) is 3.92. The van der Waals surface area contributed by atoms with E-state index in [1.807, 2.05) is 6.07 Å². The van der Waals surface area contributed by atoms with Crippen molar-refractivity contribution in [2.45, 2.75) is 32.8 Å². The van der Waals surface area contributed by atoms with E-state index < -0.39 is 6.10 Å². The molecule has 3 nitrogen and oxygen atoms in total. The Hall–Kier alpha value is -1.13. The van der Waals surface area contributed by atoms with Gasteiger partial charge in [-0.25, -0.2) is 4.39 Å². The molecular formula is C15H22FNO2. The van der Waals surface area contributed by atoms with Gasteiger partial charge in [0.05, 0.1) is 6.10 Å².